The van der Waals surface area contributed by atoms with E-state index in [4.69, 9.17) is 4.74 Å². The number of H-pyrrole nitrogens is 1. The Morgan fingerprint density at radius 3 is 2.89 bits per heavy atom. The molecule has 0 saturated heterocycles. The number of hydrogen-bond donors (Lipinski definition) is 1. The van der Waals surface area contributed by atoms with Crippen molar-refractivity contribution in [3.05, 3.63) is 57.9 Å². The fraction of sp³-hybridized carbons (Fsp3) is 0.0714. The van der Waals surface area contributed by atoms with E-state index >= 15 is 0 Å². The molecule has 0 bridgehead atoms. The van der Waals surface area contributed by atoms with Crippen LogP contribution in [0.3, 0.4) is 0 Å². The van der Waals surface area contributed by atoms with Crippen molar-refractivity contribution < 1.29 is 4.74 Å². The SMILES string of the molecule is Ic1c[nH]c2ncc(OCc3ccccc3)cc12. The molecule has 0 unspecified atom stereocenters. The lowest BCUT2D eigenvalue weighted by molar-refractivity contribution is 0.305. The molecule has 3 nitrogen and oxygen atoms in total. The van der Waals surface area contributed by atoms with Crippen LogP contribution in [0, 0.1) is 3.57 Å². The van der Waals surface area contributed by atoms with Crippen molar-refractivity contribution in [1.29, 1.82) is 0 Å². The molecule has 0 amide bonds. The van der Waals surface area contributed by atoms with Crippen molar-refractivity contribution in [2.75, 3.05) is 0 Å². The predicted molar refractivity (Wildman–Crippen MR) is 79.6 cm³/mol. The van der Waals surface area contributed by atoms with Crippen LogP contribution in [0.1, 0.15) is 5.56 Å². The summed E-state index contributed by atoms with van der Waals surface area (Å²) in [6.07, 6.45) is 3.69. The zero-order chi connectivity index (χ0) is 12.4. The third kappa shape index (κ3) is 2.33. The van der Waals surface area contributed by atoms with Gasteiger partial charge in [-0.05, 0) is 34.2 Å². The van der Waals surface area contributed by atoms with Crippen LogP contribution in [-0.4, -0.2) is 9.97 Å². The second-order valence-electron chi connectivity index (χ2n) is 3.98. The summed E-state index contributed by atoms with van der Waals surface area (Å²) in [4.78, 5) is 7.44. The summed E-state index contributed by atoms with van der Waals surface area (Å²) >= 11 is 2.28. The Labute approximate surface area is 118 Å². The van der Waals surface area contributed by atoms with Gasteiger partial charge in [0.2, 0.25) is 0 Å². The van der Waals surface area contributed by atoms with Gasteiger partial charge in [0.1, 0.15) is 18.0 Å². The number of hydrogen-bond acceptors (Lipinski definition) is 2. The van der Waals surface area contributed by atoms with Gasteiger partial charge < -0.3 is 9.72 Å². The van der Waals surface area contributed by atoms with Crippen molar-refractivity contribution in [2.45, 2.75) is 6.61 Å². The molecule has 0 fully saturated rings. The quantitative estimate of drug-likeness (QED) is 0.731. The molecule has 0 saturated carbocycles. The molecule has 0 aliphatic carbocycles. The maximum Gasteiger partial charge on any atom is 0.138 e. The second kappa shape index (κ2) is 4.97. The van der Waals surface area contributed by atoms with Gasteiger partial charge in [0.15, 0.2) is 0 Å². The minimum atomic E-state index is 0.565. The minimum Gasteiger partial charge on any atom is -0.487 e. The van der Waals surface area contributed by atoms with Crippen LogP contribution < -0.4 is 4.74 Å². The van der Waals surface area contributed by atoms with Gasteiger partial charge in [0.25, 0.3) is 0 Å². The zero-order valence-electron chi connectivity index (χ0n) is 9.56. The molecule has 2 aromatic heterocycles. The maximum atomic E-state index is 5.74. The van der Waals surface area contributed by atoms with Gasteiger partial charge in [0.05, 0.1) is 6.20 Å². The van der Waals surface area contributed by atoms with E-state index in [0.717, 1.165) is 25.9 Å². The minimum absolute atomic E-state index is 0.565. The summed E-state index contributed by atoms with van der Waals surface area (Å²) in [7, 11) is 0. The molecule has 1 N–H and O–H groups in total. The van der Waals surface area contributed by atoms with Crippen LogP contribution in [0.25, 0.3) is 11.0 Å². The number of fused-ring (bicyclic) bond motifs is 1. The highest BCUT2D eigenvalue weighted by Gasteiger charge is 2.04. The normalized spacial score (nSPS) is 10.7. The lowest BCUT2D eigenvalue weighted by Gasteiger charge is -2.05. The molecular formula is C14H11IN2O. The van der Waals surface area contributed by atoms with Gasteiger partial charge in [-0.3, -0.25) is 0 Å². The van der Waals surface area contributed by atoms with Gasteiger partial charge in [-0.2, -0.15) is 0 Å². The van der Waals surface area contributed by atoms with Crippen molar-refractivity contribution in [1.82, 2.24) is 9.97 Å². The molecule has 3 aromatic rings. The lowest BCUT2D eigenvalue weighted by Crippen LogP contribution is -1.95. The van der Waals surface area contributed by atoms with Crippen LogP contribution in [0.4, 0.5) is 0 Å². The van der Waals surface area contributed by atoms with Gasteiger partial charge in [-0.1, -0.05) is 30.3 Å². The fourth-order valence-electron chi connectivity index (χ4n) is 1.77. The van der Waals surface area contributed by atoms with Crippen LogP contribution in [0.2, 0.25) is 0 Å². The van der Waals surface area contributed by atoms with Crippen LogP contribution in [-0.2, 0) is 6.61 Å². The standard InChI is InChI=1S/C14H11IN2O/c15-13-8-17-14-12(13)6-11(7-16-14)18-9-10-4-2-1-3-5-10/h1-8H,9H2,(H,16,17). The molecule has 0 atom stereocenters. The van der Waals surface area contributed by atoms with Crippen molar-refractivity contribution >= 4 is 33.6 Å². The number of benzene rings is 1. The molecule has 0 aliphatic heterocycles. The molecule has 2 heterocycles. The third-order valence-electron chi connectivity index (χ3n) is 2.70. The third-order valence-corrected chi connectivity index (χ3v) is 3.60. The largest absolute Gasteiger partial charge is 0.487 e. The molecule has 4 heteroatoms. The summed E-state index contributed by atoms with van der Waals surface area (Å²) in [6.45, 7) is 0.565. The lowest BCUT2D eigenvalue weighted by atomic mass is 10.2. The first-order valence-corrected chi connectivity index (χ1v) is 6.70. The van der Waals surface area contributed by atoms with Gasteiger partial charge in [-0.25, -0.2) is 4.98 Å². The number of pyridine rings is 1. The molecule has 0 spiro atoms. The summed E-state index contributed by atoms with van der Waals surface area (Å²) in [5.41, 5.74) is 2.05. The number of nitrogens with zero attached hydrogens (tertiary/aromatic N) is 1. The van der Waals surface area contributed by atoms with Crippen LogP contribution in [0.5, 0.6) is 5.75 Å². The molecular weight excluding hydrogens is 339 g/mol. The molecule has 18 heavy (non-hydrogen) atoms. The second-order valence-corrected chi connectivity index (χ2v) is 5.14. The highest BCUT2D eigenvalue weighted by atomic mass is 127. The van der Waals surface area contributed by atoms with E-state index in [2.05, 4.69) is 32.6 Å². The molecule has 1 aromatic carbocycles. The van der Waals surface area contributed by atoms with Gasteiger partial charge >= 0.3 is 0 Å². The first-order chi connectivity index (χ1) is 8.83. The Bertz CT molecular complexity index is 664. The van der Waals surface area contributed by atoms with Crippen LogP contribution >= 0.6 is 22.6 Å². The van der Waals surface area contributed by atoms with Crippen molar-refractivity contribution in [2.24, 2.45) is 0 Å². The van der Waals surface area contributed by atoms with E-state index in [9.17, 15) is 0 Å². The Kier molecular flexibility index (Phi) is 3.19. The smallest absolute Gasteiger partial charge is 0.138 e. The number of aromatic amines is 1. The Balaban J connectivity index is 1.80. The molecule has 3 rings (SSSR count). The molecule has 90 valence electrons. The Morgan fingerprint density at radius 2 is 2.06 bits per heavy atom. The zero-order valence-corrected chi connectivity index (χ0v) is 11.7. The average Bonchev–Trinajstić information content (AvgIpc) is 2.79. The first kappa shape index (κ1) is 11.5. The highest BCUT2D eigenvalue weighted by molar-refractivity contribution is 14.1. The summed E-state index contributed by atoms with van der Waals surface area (Å²) < 4.78 is 6.90. The number of halogens is 1. The van der Waals surface area contributed by atoms with Gasteiger partial charge in [0, 0.05) is 15.2 Å². The number of rotatable bonds is 3. The van der Waals surface area contributed by atoms with E-state index in [1.54, 1.807) is 6.20 Å². The topological polar surface area (TPSA) is 37.9 Å². The number of ether oxygens (including phenoxy) is 1. The molecule has 0 radical (unpaired) electrons. The fourth-order valence-corrected chi connectivity index (χ4v) is 2.34. The first-order valence-electron chi connectivity index (χ1n) is 5.62. The number of aromatic nitrogens is 2. The van der Waals surface area contributed by atoms with Crippen molar-refractivity contribution in [3.8, 4) is 5.75 Å². The predicted octanol–water partition coefficient (Wildman–Crippen LogP) is 3.75. The van der Waals surface area contributed by atoms with E-state index in [-0.39, 0.29) is 0 Å². The van der Waals surface area contributed by atoms with E-state index in [1.807, 2.05) is 42.6 Å². The van der Waals surface area contributed by atoms with E-state index in [0.29, 0.717) is 6.61 Å². The highest BCUT2D eigenvalue weighted by Crippen LogP contribution is 2.23. The summed E-state index contributed by atoms with van der Waals surface area (Å²) in [6, 6.07) is 12.1. The molecule has 0 aliphatic rings. The average molecular weight is 350 g/mol. The Hall–Kier alpha value is -1.56. The van der Waals surface area contributed by atoms with Gasteiger partial charge in [-0.15, -0.1) is 0 Å². The number of nitrogens with one attached hydrogen (secondary N) is 1. The van der Waals surface area contributed by atoms with E-state index < -0.39 is 0 Å². The van der Waals surface area contributed by atoms with E-state index in [1.165, 1.54) is 0 Å². The monoisotopic (exact) mass is 350 g/mol. The Morgan fingerprint density at radius 1 is 1.22 bits per heavy atom. The van der Waals surface area contributed by atoms with Crippen molar-refractivity contribution in [3.63, 3.8) is 0 Å². The maximum absolute atomic E-state index is 5.74. The summed E-state index contributed by atoms with van der Waals surface area (Å²) in [5.74, 6) is 0.795. The van der Waals surface area contributed by atoms with Crippen LogP contribution in [0.15, 0.2) is 48.8 Å². The summed E-state index contributed by atoms with van der Waals surface area (Å²) in [5, 5.41) is 1.10.